The highest BCUT2D eigenvalue weighted by Crippen LogP contribution is 2.37. The van der Waals surface area contributed by atoms with E-state index in [1.54, 1.807) is 0 Å². The molecule has 0 amide bonds. The van der Waals surface area contributed by atoms with E-state index in [-0.39, 0.29) is 0 Å². The first-order valence-corrected chi connectivity index (χ1v) is 7.16. The normalized spacial score (nSPS) is 27.5. The van der Waals surface area contributed by atoms with Gasteiger partial charge in [-0.1, -0.05) is 27.7 Å². The Labute approximate surface area is 108 Å². The van der Waals surface area contributed by atoms with Gasteiger partial charge in [0.2, 0.25) is 0 Å². The van der Waals surface area contributed by atoms with E-state index in [0.29, 0.717) is 17.5 Å². The second-order valence-electron chi connectivity index (χ2n) is 6.59. The van der Waals surface area contributed by atoms with Crippen molar-refractivity contribution in [2.75, 3.05) is 0 Å². The Hall–Kier alpha value is -0.480. The van der Waals surface area contributed by atoms with Gasteiger partial charge in [-0.3, -0.25) is 0 Å². The van der Waals surface area contributed by atoms with Crippen LogP contribution in [0.4, 0.5) is 0 Å². The van der Waals surface area contributed by atoms with Crippen molar-refractivity contribution in [1.82, 2.24) is 5.32 Å². The van der Waals surface area contributed by atoms with Gasteiger partial charge in [-0.05, 0) is 43.4 Å². The SMILES string of the molecule is C#CCC(CC)NC1CCC(C(C)(C)C)CC1. The van der Waals surface area contributed by atoms with Crippen molar-refractivity contribution in [3.05, 3.63) is 0 Å². The Bertz CT molecular complexity index is 248. The average molecular weight is 235 g/mol. The molecule has 1 atom stereocenters. The Morgan fingerprint density at radius 2 is 1.82 bits per heavy atom. The van der Waals surface area contributed by atoms with Crippen LogP contribution in [0, 0.1) is 23.7 Å². The highest BCUT2D eigenvalue weighted by atomic mass is 14.9. The van der Waals surface area contributed by atoms with Gasteiger partial charge in [0.05, 0.1) is 0 Å². The van der Waals surface area contributed by atoms with Crippen molar-refractivity contribution < 1.29 is 0 Å². The van der Waals surface area contributed by atoms with E-state index in [4.69, 9.17) is 6.42 Å². The van der Waals surface area contributed by atoms with Gasteiger partial charge in [0.25, 0.3) is 0 Å². The molecule has 1 fully saturated rings. The van der Waals surface area contributed by atoms with Gasteiger partial charge >= 0.3 is 0 Å². The Morgan fingerprint density at radius 3 is 2.24 bits per heavy atom. The first kappa shape index (κ1) is 14.6. The van der Waals surface area contributed by atoms with Crippen molar-refractivity contribution in [2.45, 2.75) is 78.3 Å². The second-order valence-corrected chi connectivity index (χ2v) is 6.59. The summed E-state index contributed by atoms with van der Waals surface area (Å²) < 4.78 is 0. The third-order valence-electron chi connectivity index (χ3n) is 4.28. The van der Waals surface area contributed by atoms with Gasteiger partial charge in [0.15, 0.2) is 0 Å². The summed E-state index contributed by atoms with van der Waals surface area (Å²) in [5, 5.41) is 3.74. The molecule has 1 nitrogen and oxygen atoms in total. The number of nitrogens with one attached hydrogen (secondary N) is 1. The van der Waals surface area contributed by atoms with Gasteiger partial charge in [0.1, 0.15) is 0 Å². The van der Waals surface area contributed by atoms with Crippen LogP contribution in [0.1, 0.15) is 66.2 Å². The van der Waals surface area contributed by atoms with Crippen molar-refractivity contribution >= 4 is 0 Å². The smallest absolute Gasteiger partial charge is 0.0240 e. The standard InChI is InChI=1S/C16H29N/c1-6-8-14(7-2)17-15-11-9-13(10-12-15)16(3,4)5/h1,13-15,17H,7-12H2,2-5H3. The van der Waals surface area contributed by atoms with E-state index in [0.717, 1.165) is 18.8 Å². The van der Waals surface area contributed by atoms with Crippen LogP contribution in [0.25, 0.3) is 0 Å². The molecule has 0 aromatic rings. The molecule has 0 aliphatic heterocycles. The Kier molecular flexibility index (Phi) is 5.53. The Morgan fingerprint density at radius 1 is 1.24 bits per heavy atom. The minimum absolute atomic E-state index is 0.480. The van der Waals surface area contributed by atoms with E-state index in [2.05, 4.69) is 38.9 Å². The number of rotatable bonds is 4. The monoisotopic (exact) mass is 235 g/mol. The predicted octanol–water partition coefficient (Wildman–Crippen LogP) is 3.98. The molecule has 0 bridgehead atoms. The maximum Gasteiger partial charge on any atom is 0.0240 e. The van der Waals surface area contributed by atoms with Gasteiger partial charge in [-0.25, -0.2) is 0 Å². The quantitative estimate of drug-likeness (QED) is 0.727. The summed E-state index contributed by atoms with van der Waals surface area (Å²) in [6.07, 6.45) is 12.8. The van der Waals surface area contributed by atoms with Crippen LogP contribution < -0.4 is 5.32 Å². The summed E-state index contributed by atoms with van der Waals surface area (Å²) in [4.78, 5) is 0. The van der Waals surface area contributed by atoms with Crippen LogP contribution in [-0.4, -0.2) is 12.1 Å². The fourth-order valence-corrected chi connectivity index (χ4v) is 2.92. The molecule has 0 heterocycles. The summed E-state index contributed by atoms with van der Waals surface area (Å²) in [5.41, 5.74) is 0.480. The van der Waals surface area contributed by atoms with E-state index >= 15 is 0 Å². The molecular weight excluding hydrogens is 206 g/mol. The minimum Gasteiger partial charge on any atom is -0.310 e. The molecule has 1 saturated carbocycles. The zero-order valence-electron chi connectivity index (χ0n) is 12.1. The van der Waals surface area contributed by atoms with Crippen LogP contribution in [0.5, 0.6) is 0 Å². The first-order valence-electron chi connectivity index (χ1n) is 7.16. The zero-order chi connectivity index (χ0) is 12.9. The summed E-state index contributed by atoms with van der Waals surface area (Å²) >= 11 is 0. The van der Waals surface area contributed by atoms with E-state index in [1.807, 2.05) is 0 Å². The third-order valence-corrected chi connectivity index (χ3v) is 4.28. The average Bonchev–Trinajstić information content (AvgIpc) is 2.28. The summed E-state index contributed by atoms with van der Waals surface area (Å²) in [6, 6.07) is 1.23. The molecule has 0 saturated heterocycles. The van der Waals surface area contributed by atoms with Gasteiger partial charge in [0, 0.05) is 18.5 Å². The maximum atomic E-state index is 5.40. The zero-order valence-corrected chi connectivity index (χ0v) is 12.1. The molecule has 1 rings (SSSR count). The minimum atomic E-state index is 0.480. The lowest BCUT2D eigenvalue weighted by Gasteiger charge is -2.38. The van der Waals surface area contributed by atoms with Crippen LogP contribution in [-0.2, 0) is 0 Å². The van der Waals surface area contributed by atoms with Crippen LogP contribution >= 0.6 is 0 Å². The van der Waals surface area contributed by atoms with Crippen molar-refractivity contribution in [3.63, 3.8) is 0 Å². The molecule has 0 radical (unpaired) electrons. The summed E-state index contributed by atoms with van der Waals surface area (Å²) in [5.74, 6) is 3.68. The lowest BCUT2D eigenvalue weighted by molar-refractivity contribution is 0.156. The number of terminal acetylenes is 1. The third kappa shape index (κ3) is 4.72. The summed E-state index contributed by atoms with van der Waals surface area (Å²) in [7, 11) is 0. The molecule has 98 valence electrons. The highest BCUT2D eigenvalue weighted by Gasteiger charge is 2.29. The summed E-state index contributed by atoms with van der Waals surface area (Å²) in [6.45, 7) is 9.34. The molecule has 1 N–H and O–H groups in total. The molecule has 0 aromatic carbocycles. The van der Waals surface area contributed by atoms with Crippen molar-refractivity contribution in [2.24, 2.45) is 11.3 Å². The fraction of sp³-hybridized carbons (Fsp3) is 0.875. The van der Waals surface area contributed by atoms with Crippen molar-refractivity contribution in [3.8, 4) is 12.3 Å². The molecule has 1 heteroatoms. The lowest BCUT2D eigenvalue weighted by Crippen LogP contribution is -2.41. The first-order chi connectivity index (χ1) is 7.97. The predicted molar refractivity (Wildman–Crippen MR) is 75.9 cm³/mol. The second kappa shape index (κ2) is 6.45. The Balaban J connectivity index is 2.35. The molecule has 1 aliphatic carbocycles. The van der Waals surface area contributed by atoms with Crippen LogP contribution in [0.3, 0.4) is 0 Å². The van der Waals surface area contributed by atoms with E-state index < -0.39 is 0 Å². The van der Waals surface area contributed by atoms with Gasteiger partial charge < -0.3 is 5.32 Å². The van der Waals surface area contributed by atoms with Crippen LogP contribution in [0.2, 0.25) is 0 Å². The number of hydrogen-bond acceptors (Lipinski definition) is 1. The van der Waals surface area contributed by atoms with Gasteiger partial charge in [-0.15, -0.1) is 12.3 Å². The van der Waals surface area contributed by atoms with Crippen molar-refractivity contribution in [1.29, 1.82) is 0 Å². The maximum absolute atomic E-state index is 5.40. The van der Waals surface area contributed by atoms with E-state index in [9.17, 15) is 0 Å². The largest absolute Gasteiger partial charge is 0.310 e. The van der Waals surface area contributed by atoms with Crippen LogP contribution in [0.15, 0.2) is 0 Å². The lowest BCUT2D eigenvalue weighted by atomic mass is 9.71. The van der Waals surface area contributed by atoms with E-state index in [1.165, 1.54) is 25.7 Å². The molecule has 1 aliphatic rings. The topological polar surface area (TPSA) is 12.0 Å². The molecule has 1 unspecified atom stereocenters. The molecule has 0 aromatic heterocycles. The van der Waals surface area contributed by atoms with Gasteiger partial charge in [-0.2, -0.15) is 0 Å². The highest BCUT2D eigenvalue weighted by molar-refractivity contribution is 4.91. The molecular formula is C16H29N. The number of hydrogen-bond donors (Lipinski definition) is 1. The fourth-order valence-electron chi connectivity index (χ4n) is 2.92. The molecule has 17 heavy (non-hydrogen) atoms. The molecule has 0 spiro atoms.